The monoisotopic (exact) mass is 407 g/mol. The van der Waals surface area contributed by atoms with Crippen molar-refractivity contribution in [2.24, 2.45) is 0 Å². The first-order chi connectivity index (χ1) is 15.4. The molecule has 0 spiro atoms. The van der Waals surface area contributed by atoms with Gasteiger partial charge in [0.2, 0.25) is 0 Å². The Hall–Kier alpha value is -3.14. The number of piperidine rings is 1. The number of hydrogen-bond donors (Lipinski definition) is 1. The van der Waals surface area contributed by atoms with Crippen molar-refractivity contribution >= 4 is 32.7 Å². The SMILES string of the molecule is c1ccc2cc(COC3CNCC[C@@H]3c3cccc4c3oc3ccccc34)ccc2c1. The summed E-state index contributed by atoms with van der Waals surface area (Å²) in [6.45, 7) is 2.47. The van der Waals surface area contributed by atoms with Gasteiger partial charge in [0.05, 0.1) is 12.7 Å². The van der Waals surface area contributed by atoms with E-state index in [2.05, 4.69) is 84.2 Å². The Morgan fingerprint density at radius 2 is 1.68 bits per heavy atom. The Balaban J connectivity index is 1.31. The zero-order chi connectivity index (χ0) is 20.6. The maximum atomic E-state index is 6.50. The van der Waals surface area contributed by atoms with E-state index >= 15 is 0 Å². The lowest BCUT2D eigenvalue weighted by molar-refractivity contribution is 0.0108. The van der Waals surface area contributed by atoms with Gasteiger partial charge in [-0.25, -0.2) is 0 Å². The van der Waals surface area contributed by atoms with Gasteiger partial charge in [0.1, 0.15) is 11.2 Å². The van der Waals surface area contributed by atoms with E-state index in [1.807, 2.05) is 6.07 Å². The summed E-state index contributed by atoms with van der Waals surface area (Å²) >= 11 is 0. The molecular formula is C28H25NO2. The first-order valence-corrected chi connectivity index (χ1v) is 11.1. The second-order valence-electron chi connectivity index (χ2n) is 8.45. The number of nitrogens with one attached hydrogen (secondary N) is 1. The fourth-order valence-electron chi connectivity index (χ4n) is 4.95. The Morgan fingerprint density at radius 3 is 2.65 bits per heavy atom. The van der Waals surface area contributed by atoms with Crippen molar-refractivity contribution < 1.29 is 9.15 Å². The molecule has 4 aromatic carbocycles. The van der Waals surface area contributed by atoms with Gasteiger partial charge in [-0.3, -0.25) is 0 Å². The zero-order valence-electron chi connectivity index (χ0n) is 17.4. The van der Waals surface area contributed by atoms with Gasteiger partial charge in [0, 0.05) is 28.8 Å². The van der Waals surface area contributed by atoms with E-state index < -0.39 is 0 Å². The molecule has 1 aliphatic heterocycles. The minimum Gasteiger partial charge on any atom is -0.456 e. The lowest BCUT2D eigenvalue weighted by atomic mass is 9.86. The molecule has 2 heterocycles. The number of hydrogen-bond acceptors (Lipinski definition) is 3. The van der Waals surface area contributed by atoms with E-state index in [4.69, 9.17) is 9.15 Å². The quantitative estimate of drug-likeness (QED) is 0.374. The molecule has 1 aromatic heterocycles. The van der Waals surface area contributed by atoms with Crippen LogP contribution in [0.3, 0.4) is 0 Å². The molecule has 3 heteroatoms. The molecular weight excluding hydrogens is 382 g/mol. The molecule has 1 fully saturated rings. The van der Waals surface area contributed by atoms with Crippen LogP contribution in [0, 0.1) is 0 Å². The third-order valence-corrected chi connectivity index (χ3v) is 6.54. The average molecular weight is 408 g/mol. The summed E-state index contributed by atoms with van der Waals surface area (Å²) < 4.78 is 12.8. The molecule has 3 nitrogen and oxygen atoms in total. The van der Waals surface area contributed by atoms with Crippen molar-refractivity contribution in [1.82, 2.24) is 5.32 Å². The van der Waals surface area contributed by atoms with E-state index in [1.54, 1.807) is 0 Å². The van der Waals surface area contributed by atoms with Gasteiger partial charge in [0.15, 0.2) is 0 Å². The lowest BCUT2D eigenvalue weighted by Crippen LogP contribution is -2.41. The van der Waals surface area contributed by atoms with Crippen LogP contribution in [0.2, 0.25) is 0 Å². The molecule has 0 radical (unpaired) electrons. The molecule has 1 aliphatic rings. The second kappa shape index (κ2) is 7.84. The molecule has 0 bridgehead atoms. The van der Waals surface area contributed by atoms with E-state index in [0.29, 0.717) is 12.5 Å². The van der Waals surface area contributed by atoms with E-state index in [-0.39, 0.29) is 6.10 Å². The van der Waals surface area contributed by atoms with Crippen molar-refractivity contribution in [2.45, 2.75) is 25.0 Å². The van der Waals surface area contributed by atoms with Crippen molar-refractivity contribution in [1.29, 1.82) is 0 Å². The normalized spacial score (nSPS) is 19.4. The van der Waals surface area contributed by atoms with Crippen LogP contribution in [0.15, 0.2) is 89.3 Å². The summed E-state index contributed by atoms with van der Waals surface area (Å²) in [4.78, 5) is 0. The van der Waals surface area contributed by atoms with Crippen LogP contribution in [0.5, 0.6) is 0 Å². The number of para-hydroxylation sites is 2. The maximum absolute atomic E-state index is 6.50. The first-order valence-electron chi connectivity index (χ1n) is 11.1. The number of benzene rings is 4. The summed E-state index contributed by atoms with van der Waals surface area (Å²) in [7, 11) is 0. The minimum absolute atomic E-state index is 0.110. The molecule has 31 heavy (non-hydrogen) atoms. The first kappa shape index (κ1) is 18.6. The van der Waals surface area contributed by atoms with Gasteiger partial charge in [-0.05, 0) is 41.4 Å². The highest BCUT2D eigenvalue weighted by molar-refractivity contribution is 6.05. The summed E-state index contributed by atoms with van der Waals surface area (Å²) in [6.07, 6.45) is 1.15. The Labute approximate surface area is 181 Å². The average Bonchev–Trinajstić information content (AvgIpc) is 3.22. The van der Waals surface area contributed by atoms with E-state index in [9.17, 15) is 0 Å². The predicted molar refractivity (Wildman–Crippen MR) is 126 cm³/mol. The molecule has 0 aliphatic carbocycles. The Morgan fingerprint density at radius 1 is 0.839 bits per heavy atom. The molecule has 1 unspecified atom stereocenters. The van der Waals surface area contributed by atoms with Crippen molar-refractivity contribution in [2.75, 3.05) is 13.1 Å². The highest BCUT2D eigenvalue weighted by Gasteiger charge is 2.29. The largest absolute Gasteiger partial charge is 0.456 e. The fraction of sp³-hybridized carbons (Fsp3) is 0.214. The second-order valence-corrected chi connectivity index (χ2v) is 8.45. The van der Waals surface area contributed by atoms with Gasteiger partial charge in [-0.1, -0.05) is 72.8 Å². The molecule has 0 amide bonds. The van der Waals surface area contributed by atoms with Crippen LogP contribution >= 0.6 is 0 Å². The minimum atomic E-state index is 0.110. The van der Waals surface area contributed by atoms with E-state index in [1.165, 1.54) is 32.7 Å². The predicted octanol–water partition coefficient (Wildman–Crippen LogP) is 6.40. The van der Waals surface area contributed by atoms with Crippen molar-refractivity contribution in [3.8, 4) is 0 Å². The molecule has 0 saturated carbocycles. The number of fused-ring (bicyclic) bond motifs is 4. The summed E-state index contributed by atoms with van der Waals surface area (Å²) in [5.74, 6) is 0.311. The van der Waals surface area contributed by atoms with Crippen molar-refractivity contribution in [3.63, 3.8) is 0 Å². The van der Waals surface area contributed by atoms with Gasteiger partial charge in [0.25, 0.3) is 0 Å². The molecule has 6 rings (SSSR count). The van der Waals surface area contributed by atoms with Crippen LogP contribution < -0.4 is 5.32 Å². The standard InChI is InChI=1S/C28H25NO2/c1-2-7-21-16-19(12-13-20(21)6-1)18-30-27-17-29-15-14-23(27)25-10-5-9-24-22-8-3-4-11-26(22)31-28(24)25/h1-13,16,23,27,29H,14-15,17-18H2/t23-,27?/m1/s1. The smallest absolute Gasteiger partial charge is 0.138 e. The fourth-order valence-corrected chi connectivity index (χ4v) is 4.95. The number of ether oxygens (including phenoxy) is 1. The van der Waals surface area contributed by atoms with Gasteiger partial charge in [-0.2, -0.15) is 0 Å². The molecule has 5 aromatic rings. The summed E-state index contributed by atoms with van der Waals surface area (Å²) in [5, 5.41) is 8.42. The Bertz CT molecular complexity index is 1370. The summed E-state index contributed by atoms with van der Waals surface area (Å²) in [6, 6.07) is 29.9. The lowest BCUT2D eigenvalue weighted by Gasteiger charge is -2.32. The van der Waals surface area contributed by atoms with Gasteiger partial charge < -0.3 is 14.5 Å². The van der Waals surface area contributed by atoms with Crippen molar-refractivity contribution in [3.05, 3.63) is 96.1 Å². The van der Waals surface area contributed by atoms with Crippen LogP contribution in [-0.2, 0) is 11.3 Å². The van der Waals surface area contributed by atoms with Crippen LogP contribution in [0.1, 0.15) is 23.5 Å². The summed E-state index contributed by atoms with van der Waals surface area (Å²) in [5.41, 5.74) is 4.44. The number of furan rings is 1. The van der Waals surface area contributed by atoms with Crippen LogP contribution in [0.25, 0.3) is 32.7 Å². The topological polar surface area (TPSA) is 34.4 Å². The van der Waals surface area contributed by atoms with Crippen LogP contribution in [-0.4, -0.2) is 19.2 Å². The van der Waals surface area contributed by atoms with Crippen LogP contribution in [0.4, 0.5) is 0 Å². The van der Waals surface area contributed by atoms with E-state index in [0.717, 1.165) is 30.7 Å². The molecule has 1 N–H and O–H groups in total. The molecule has 2 atom stereocenters. The Kier molecular flexibility index (Phi) is 4.71. The van der Waals surface area contributed by atoms with Gasteiger partial charge in [-0.15, -0.1) is 0 Å². The third-order valence-electron chi connectivity index (χ3n) is 6.54. The van der Waals surface area contributed by atoms with Gasteiger partial charge >= 0.3 is 0 Å². The zero-order valence-corrected chi connectivity index (χ0v) is 17.4. The number of rotatable bonds is 4. The third kappa shape index (κ3) is 3.40. The molecule has 154 valence electrons. The molecule has 1 saturated heterocycles. The maximum Gasteiger partial charge on any atom is 0.138 e. The highest BCUT2D eigenvalue weighted by Crippen LogP contribution is 2.37. The highest BCUT2D eigenvalue weighted by atomic mass is 16.5.